The summed E-state index contributed by atoms with van der Waals surface area (Å²) in [7, 11) is -3.84. The van der Waals surface area contributed by atoms with Gasteiger partial charge in [-0.1, -0.05) is 18.2 Å². The van der Waals surface area contributed by atoms with Gasteiger partial charge in [-0.05, 0) is 49.2 Å². The van der Waals surface area contributed by atoms with Gasteiger partial charge in [0.15, 0.2) is 0 Å². The molecule has 0 radical (unpaired) electrons. The van der Waals surface area contributed by atoms with Gasteiger partial charge in [0.2, 0.25) is 15.9 Å². The third-order valence-electron chi connectivity index (χ3n) is 5.04. The van der Waals surface area contributed by atoms with E-state index in [9.17, 15) is 22.4 Å². The monoisotopic (exact) mass is 445 g/mol. The maximum Gasteiger partial charge on any atom is 0.253 e. The van der Waals surface area contributed by atoms with Crippen LogP contribution in [0.25, 0.3) is 0 Å². The number of anilines is 1. The van der Waals surface area contributed by atoms with Gasteiger partial charge in [0.1, 0.15) is 5.82 Å². The fraction of sp³-hybridized carbons (Fsp3) is 0.273. The molecule has 0 aromatic heterocycles. The zero-order valence-electron chi connectivity index (χ0n) is 16.9. The van der Waals surface area contributed by atoms with Crippen LogP contribution < -0.4 is 10.6 Å². The van der Waals surface area contributed by atoms with Crippen molar-refractivity contribution < 1.29 is 22.4 Å². The van der Waals surface area contributed by atoms with Crippen molar-refractivity contribution >= 4 is 27.5 Å². The standard InChI is InChI=1S/C22H24FN3O4S/c1-2-13-24-22(28)19-7-3-4-8-20(19)25-21(27)16-6-5-14-26(15-16)31(29,30)18-11-9-17(23)10-12-18/h2-4,7-12,16H,1,5-6,13-15H2,(H,24,28)(H,25,27)/t16-/m1/s1. The Kier molecular flexibility index (Phi) is 7.19. The molecule has 1 aliphatic rings. The number of nitrogens with zero attached hydrogens (tertiary/aromatic N) is 1. The molecule has 7 nitrogen and oxygen atoms in total. The Morgan fingerprint density at radius 3 is 2.58 bits per heavy atom. The molecule has 2 N–H and O–H groups in total. The van der Waals surface area contributed by atoms with Crippen molar-refractivity contribution in [1.29, 1.82) is 0 Å². The van der Waals surface area contributed by atoms with E-state index in [0.717, 1.165) is 12.1 Å². The summed E-state index contributed by atoms with van der Waals surface area (Å²) in [4.78, 5) is 25.2. The summed E-state index contributed by atoms with van der Waals surface area (Å²) in [5.41, 5.74) is 0.664. The van der Waals surface area contributed by atoms with Crippen LogP contribution in [0.4, 0.5) is 10.1 Å². The van der Waals surface area contributed by atoms with Gasteiger partial charge >= 0.3 is 0 Å². The Morgan fingerprint density at radius 2 is 1.87 bits per heavy atom. The lowest BCUT2D eigenvalue weighted by Gasteiger charge is -2.31. The SMILES string of the molecule is C=CCNC(=O)c1ccccc1NC(=O)[C@@H]1CCCN(S(=O)(=O)c2ccc(F)cc2)C1. The number of rotatable bonds is 7. The zero-order valence-corrected chi connectivity index (χ0v) is 17.7. The molecule has 1 fully saturated rings. The summed E-state index contributed by atoms with van der Waals surface area (Å²) < 4.78 is 40.2. The van der Waals surface area contributed by atoms with Gasteiger partial charge in [-0.3, -0.25) is 9.59 Å². The molecule has 1 aliphatic heterocycles. The van der Waals surface area contributed by atoms with Crippen molar-refractivity contribution in [2.24, 2.45) is 5.92 Å². The van der Waals surface area contributed by atoms with Crippen LogP contribution >= 0.6 is 0 Å². The van der Waals surface area contributed by atoms with Gasteiger partial charge in [-0.25, -0.2) is 12.8 Å². The number of nitrogens with one attached hydrogen (secondary N) is 2. The summed E-state index contributed by atoms with van der Waals surface area (Å²) >= 11 is 0. The maximum atomic E-state index is 13.2. The fourth-order valence-electron chi connectivity index (χ4n) is 3.42. The highest BCUT2D eigenvalue weighted by molar-refractivity contribution is 7.89. The second kappa shape index (κ2) is 9.84. The van der Waals surface area contributed by atoms with Crippen LogP contribution in [0.5, 0.6) is 0 Å². The maximum absolute atomic E-state index is 13.2. The van der Waals surface area contributed by atoms with Gasteiger partial charge < -0.3 is 10.6 Å². The molecular formula is C22H24FN3O4S. The van der Waals surface area contributed by atoms with Gasteiger partial charge in [-0.2, -0.15) is 4.31 Å². The summed E-state index contributed by atoms with van der Waals surface area (Å²) in [5.74, 6) is -1.80. The molecule has 31 heavy (non-hydrogen) atoms. The van der Waals surface area contributed by atoms with E-state index < -0.39 is 21.8 Å². The normalized spacial score (nSPS) is 17.0. The number of amides is 2. The first-order valence-corrected chi connectivity index (χ1v) is 11.3. The van der Waals surface area contributed by atoms with E-state index in [2.05, 4.69) is 17.2 Å². The number of carbonyl (C=O) groups excluding carboxylic acids is 2. The lowest BCUT2D eigenvalue weighted by Crippen LogP contribution is -2.43. The highest BCUT2D eigenvalue weighted by atomic mass is 32.2. The minimum absolute atomic E-state index is 0.0103. The van der Waals surface area contributed by atoms with Crippen LogP contribution in [-0.2, 0) is 14.8 Å². The molecule has 0 bridgehead atoms. The zero-order chi connectivity index (χ0) is 22.4. The van der Waals surface area contributed by atoms with Crippen molar-refractivity contribution in [1.82, 2.24) is 9.62 Å². The van der Waals surface area contributed by atoms with Crippen molar-refractivity contribution in [3.8, 4) is 0 Å². The molecule has 0 spiro atoms. The molecular weight excluding hydrogens is 421 g/mol. The minimum atomic E-state index is -3.84. The van der Waals surface area contributed by atoms with Gasteiger partial charge in [0, 0.05) is 19.6 Å². The summed E-state index contributed by atoms with van der Waals surface area (Å²) in [6, 6.07) is 11.2. The number of carbonyl (C=O) groups is 2. The molecule has 9 heteroatoms. The predicted octanol–water partition coefficient (Wildman–Crippen LogP) is 2.78. The van der Waals surface area contributed by atoms with Crippen LogP contribution in [0.15, 0.2) is 66.1 Å². The molecule has 3 rings (SSSR count). The molecule has 0 aliphatic carbocycles. The van der Waals surface area contributed by atoms with Gasteiger partial charge in [0.05, 0.1) is 22.1 Å². The highest BCUT2D eigenvalue weighted by Gasteiger charge is 2.33. The number of halogens is 1. The van der Waals surface area contributed by atoms with E-state index in [0.29, 0.717) is 30.6 Å². The summed E-state index contributed by atoms with van der Waals surface area (Å²) in [6.07, 6.45) is 2.59. The number of benzene rings is 2. The van der Waals surface area contributed by atoms with E-state index >= 15 is 0 Å². The van der Waals surface area contributed by atoms with E-state index in [1.165, 1.54) is 16.4 Å². The van der Waals surface area contributed by atoms with Gasteiger partial charge in [0.25, 0.3) is 5.91 Å². The molecule has 1 heterocycles. The Morgan fingerprint density at radius 1 is 1.16 bits per heavy atom. The van der Waals surface area contributed by atoms with Crippen molar-refractivity contribution in [2.75, 3.05) is 25.0 Å². The van der Waals surface area contributed by atoms with Crippen LogP contribution in [0.2, 0.25) is 0 Å². The quantitative estimate of drug-likeness (QED) is 0.641. The highest BCUT2D eigenvalue weighted by Crippen LogP contribution is 2.25. The second-order valence-electron chi connectivity index (χ2n) is 7.19. The first-order chi connectivity index (χ1) is 14.8. The summed E-state index contributed by atoms with van der Waals surface area (Å²) in [5, 5.41) is 5.43. The van der Waals surface area contributed by atoms with E-state index in [1.807, 2.05) is 0 Å². The smallest absolute Gasteiger partial charge is 0.253 e. The van der Waals surface area contributed by atoms with Crippen LogP contribution in [0.1, 0.15) is 23.2 Å². The van der Waals surface area contributed by atoms with E-state index in [4.69, 9.17) is 0 Å². The molecule has 1 saturated heterocycles. The van der Waals surface area contributed by atoms with Crippen LogP contribution in [0.3, 0.4) is 0 Å². The molecule has 0 unspecified atom stereocenters. The first-order valence-electron chi connectivity index (χ1n) is 9.87. The number of hydrogen-bond donors (Lipinski definition) is 2. The molecule has 2 amide bonds. The summed E-state index contributed by atoms with van der Waals surface area (Å²) in [6.45, 7) is 4.14. The lowest BCUT2D eigenvalue weighted by atomic mass is 9.98. The third kappa shape index (κ3) is 5.36. The van der Waals surface area contributed by atoms with Crippen LogP contribution in [0, 0.1) is 11.7 Å². The Labute approximate surface area is 181 Å². The van der Waals surface area contributed by atoms with Crippen molar-refractivity contribution in [3.63, 3.8) is 0 Å². The lowest BCUT2D eigenvalue weighted by molar-refractivity contribution is -0.120. The van der Waals surface area contributed by atoms with Crippen molar-refractivity contribution in [2.45, 2.75) is 17.7 Å². The Balaban J connectivity index is 1.73. The van der Waals surface area contributed by atoms with Crippen molar-refractivity contribution in [3.05, 3.63) is 72.6 Å². The minimum Gasteiger partial charge on any atom is -0.349 e. The van der Waals surface area contributed by atoms with E-state index in [-0.39, 0.29) is 29.8 Å². The molecule has 164 valence electrons. The van der Waals surface area contributed by atoms with Gasteiger partial charge in [-0.15, -0.1) is 6.58 Å². The number of para-hydroxylation sites is 1. The molecule has 2 aromatic carbocycles. The average molecular weight is 446 g/mol. The second-order valence-corrected chi connectivity index (χ2v) is 9.13. The number of sulfonamides is 1. The topological polar surface area (TPSA) is 95.6 Å². The third-order valence-corrected chi connectivity index (χ3v) is 6.92. The van der Waals surface area contributed by atoms with E-state index in [1.54, 1.807) is 30.3 Å². The molecule has 2 aromatic rings. The number of hydrogen-bond acceptors (Lipinski definition) is 4. The largest absolute Gasteiger partial charge is 0.349 e. The molecule has 0 saturated carbocycles. The Bertz CT molecular complexity index is 1070. The average Bonchev–Trinajstić information content (AvgIpc) is 2.78. The fourth-order valence-corrected chi connectivity index (χ4v) is 4.94. The Hall–Kier alpha value is -3.04. The molecule has 1 atom stereocenters. The first kappa shape index (κ1) is 22.6. The van der Waals surface area contributed by atoms with Crippen LogP contribution in [-0.4, -0.2) is 44.2 Å². The number of piperidine rings is 1. The predicted molar refractivity (Wildman–Crippen MR) is 115 cm³/mol.